The quantitative estimate of drug-likeness (QED) is 0.903. The van der Waals surface area contributed by atoms with Crippen LogP contribution in [0.4, 0.5) is 8.78 Å². The molecule has 1 aliphatic rings. The third kappa shape index (κ3) is 2.82. The summed E-state index contributed by atoms with van der Waals surface area (Å²) in [6.07, 6.45) is 1.98. The number of rotatable bonds is 5. The normalized spacial score (nSPS) is 23.1. The van der Waals surface area contributed by atoms with Crippen molar-refractivity contribution in [2.24, 2.45) is 5.41 Å². The first-order valence-electron chi connectivity index (χ1n) is 6.87. The number of hydrogen-bond acceptors (Lipinski definition) is 2. The lowest BCUT2D eigenvalue weighted by molar-refractivity contribution is -0.148. The second-order valence-corrected chi connectivity index (χ2v) is 5.51. The van der Waals surface area contributed by atoms with Gasteiger partial charge in [0.1, 0.15) is 0 Å². The zero-order chi connectivity index (χ0) is 14.8. The highest BCUT2D eigenvalue weighted by atomic mass is 19.2. The molecule has 1 atom stereocenters. The number of carbonyl (C=O) groups is 1. The van der Waals surface area contributed by atoms with E-state index in [1.54, 1.807) is 6.07 Å². The molecule has 1 heterocycles. The minimum atomic E-state index is -0.861. The molecule has 1 aromatic rings. The molecule has 1 N–H and O–H groups in total. The summed E-state index contributed by atoms with van der Waals surface area (Å²) in [6.45, 7) is 3.20. The molecule has 2 rings (SSSR count). The molecular formula is C15H19F2NO2. The van der Waals surface area contributed by atoms with Gasteiger partial charge in [-0.05, 0) is 25.5 Å². The van der Waals surface area contributed by atoms with Crippen LogP contribution in [0.3, 0.4) is 0 Å². The van der Waals surface area contributed by atoms with Gasteiger partial charge in [-0.25, -0.2) is 8.78 Å². The lowest BCUT2D eigenvalue weighted by atomic mass is 9.83. The number of carboxylic acids is 1. The molecule has 1 aromatic carbocycles. The zero-order valence-electron chi connectivity index (χ0n) is 11.5. The molecule has 0 aromatic heterocycles. The van der Waals surface area contributed by atoms with Gasteiger partial charge in [-0.1, -0.05) is 25.5 Å². The number of nitrogens with zero attached hydrogens (tertiary/aromatic N) is 1. The van der Waals surface area contributed by atoms with Gasteiger partial charge in [0.25, 0.3) is 0 Å². The van der Waals surface area contributed by atoms with Gasteiger partial charge in [0.2, 0.25) is 0 Å². The molecule has 0 saturated carbocycles. The average molecular weight is 283 g/mol. The van der Waals surface area contributed by atoms with Crippen molar-refractivity contribution in [3.05, 3.63) is 35.4 Å². The van der Waals surface area contributed by atoms with E-state index in [2.05, 4.69) is 0 Å². The first-order valence-corrected chi connectivity index (χ1v) is 6.87. The second kappa shape index (κ2) is 5.87. The molecule has 0 amide bonds. The third-order valence-corrected chi connectivity index (χ3v) is 4.04. The van der Waals surface area contributed by atoms with Crippen molar-refractivity contribution >= 4 is 5.97 Å². The Hall–Kier alpha value is -1.49. The molecule has 1 fully saturated rings. The van der Waals surface area contributed by atoms with Crippen LogP contribution in [0.5, 0.6) is 0 Å². The summed E-state index contributed by atoms with van der Waals surface area (Å²) in [6, 6.07) is 4.10. The van der Waals surface area contributed by atoms with E-state index < -0.39 is 23.0 Å². The lowest BCUT2D eigenvalue weighted by Gasteiger charge is -2.24. The van der Waals surface area contributed by atoms with Gasteiger partial charge in [0, 0.05) is 18.7 Å². The summed E-state index contributed by atoms with van der Waals surface area (Å²) in [4.78, 5) is 13.4. The minimum Gasteiger partial charge on any atom is -0.481 e. The Labute approximate surface area is 117 Å². The fourth-order valence-corrected chi connectivity index (χ4v) is 2.97. The van der Waals surface area contributed by atoms with Crippen molar-refractivity contribution in [2.45, 2.75) is 32.7 Å². The Morgan fingerprint density at radius 1 is 1.45 bits per heavy atom. The van der Waals surface area contributed by atoms with Gasteiger partial charge < -0.3 is 5.11 Å². The van der Waals surface area contributed by atoms with Gasteiger partial charge in [-0.3, -0.25) is 9.69 Å². The standard InChI is InChI=1S/C15H19F2NO2/c1-2-6-15(14(19)20)7-8-18(10-15)9-11-4-3-5-12(16)13(11)17/h3-5H,2,6-10H2,1H3,(H,19,20). The van der Waals surface area contributed by atoms with Crippen molar-refractivity contribution in [2.75, 3.05) is 13.1 Å². The van der Waals surface area contributed by atoms with Crippen LogP contribution in [0.1, 0.15) is 31.7 Å². The molecule has 3 nitrogen and oxygen atoms in total. The topological polar surface area (TPSA) is 40.5 Å². The highest BCUT2D eigenvalue weighted by Gasteiger charge is 2.43. The highest BCUT2D eigenvalue weighted by molar-refractivity contribution is 5.75. The van der Waals surface area contributed by atoms with Crippen molar-refractivity contribution in [1.82, 2.24) is 4.90 Å². The molecule has 1 saturated heterocycles. The highest BCUT2D eigenvalue weighted by Crippen LogP contribution is 2.36. The predicted molar refractivity (Wildman–Crippen MR) is 71.2 cm³/mol. The number of benzene rings is 1. The number of carboxylic acid groups (broad SMARTS) is 1. The molecule has 110 valence electrons. The molecule has 0 aliphatic carbocycles. The lowest BCUT2D eigenvalue weighted by Crippen LogP contribution is -2.34. The molecular weight excluding hydrogens is 264 g/mol. The van der Waals surface area contributed by atoms with Gasteiger partial charge in [0.05, 0.1) is 5.41 Å². The number of likely N-dealkylation sites (tertiary alicyclic amines) is 1. The van der Waals surface area contributed by atoms with E-state index >= 15 is 0 Å². The average Bonchev–Trinajstić information content (AvgIpc) is 2.80. The fourth-order valence-electron chi connectivity index (χ4n) is 2.97. The predicted octanol–water partition coefficient (Wildman–Crippen LogP) is 3.04. The van der Waals surface area contributed by atoms with Gasteiger partial charge >= 0.3 is 5.97 Å². The van der Waals surface area contributed by atoms with E-state index in [4.69, 9.17) is 0 Å². The number of hydrogen-bond donors (Lipinski definition) is 1. The van der Waals surface area contributed by atoms with E-state index in [0.717, 1.165) is 12.5 Å². The third-order valence-electron chi connectivity index (χ3n) is 4.04. The van der Waals surface area contributed by atoms with Crippen LogP contribution in [0, 0.1) is 17.0 Å². The molecule has 1 unspecified atom stereocenters. The summed E-state index contributed by atoms with van der Waals surface area (Å²) >= 11 is 0. The van der Waals surface area contributed by atoms with Gasteiger partial charge in [-0.2, -0.15) is 0 Å². The first-order chi connectivity index (χ1) is 9.48. The van der Waals surface area contributed by atoms with Crippen molar-refractivity contribution in [3.8, 4) is 0 Å². The molecule has 0 spiro atoms. The summed E-state index contributed by atoms with van der Waals surface area (Å²) < 4.78 is 26.8. The number of halogens is 2. The maximum Gasteiger partial charge on any atom is 0.310 e. The molecule has 20 heavy (non-hydrogen) atoms. The van der Waals surface area contributed by atoms with Gasteiger partial charge in [0.15, 0.2) is 11.6 Å². The Morgan fingerprint density at radius 2 is 2.20 bits per heavy atom. The number of aliphatic carboxylic acids is 1. The Kier molecular flexibility index (Phi) is 4.38. The maximum atomic E-state index is 13.6. The Morgan fingerprint density at radius 3 is 2.85 bits per heavy atom. The first kappa shape index (κ1) is 14.9. The van der Waals surface area contributed by atoms with E-state index in [-0.39, 0.29) is 12.1 Å². The van der Waals surface area contributed by atoms with Crippen LogP contribution in [-0.4, -0.2) is 29.1 Å². The summed E-state index contributed by atoms with van der Waals surface area (Å²) in [5, 5.41) is 9.42. The van der Waals surface area contributed by atoms with Crippen LogP contribution < -0.4 is 0 Å². The van der Waals surface area contributed by atoms with E-state index in [1.807, 2.05) is 11.8 Å². The SMILES string of the molecule is CCCC1(C(=O)O)CCN(Cc2cccc(F)c2F)C1. The zero-order valence-corrected chi connectivity index (χ0v) is 11.5. The maximum absolute atomic E-state index is 13.6. The molecule has 0 bridgehead atoms. The summed E-state index contributed by atoms with van der Waals surface area (Å²) in [5.41, 5.74) is -0.457. The molecule has 0 radical (unpaired) electrons. The Balaban J connectivity index is 2.09. The molecule has 1 aliphatic heterocycles. The Bertz CT molecular complexity index is 507. The van der Waals surface area contributed by atoms with Crippen LogP contribution in [0.15, 0.2) is 18.2 Å². The smallest absolute Gasteiger partial charge is 0.310 e. The van der Waals surface area contributed by atoms with Gasteiger partial charge in [-0.15, -0.1) is 0 Å². The molecule has 5 heteroatoms. The van der Waals surface area contributed by atoms with Crippen molar-refractivity contribution in [1.29, 1.82) is 0 Å². The fraction of sp³-hybridized carbons (Fsp3) is 0.533. The summed E-state index contributed by atoms with van der Waals surface area (Å²) in [5.74, 6) is -2.49. The van der Waals surface area contributed by atoms with E-state index in [0.29, 0.717) is 25.9 Å². The minimum absolute atomic E-state index is 0.252. The van der Waals surface area contributed by atoms with E-state index in [1.165, 1.54) is 6.07 Å². The second-order valence-electron chi connectivity index (χ2n) is 5.51. The van der Waals surface area contributed by atoms with Crippen molar-refractivity contribution < 1.29 is 18.7 Å². The van der Waals surface area contributed by atoms with Crippen LogP contribution >= 0.6 is 0 Å². The monoisotopic (exact) mass is 283 g/mol. The largest absolute Gasteiger partial charge is 0.481 e. The summed E-state index contributed by atoms with van der Waals surface area (Å²) in [7, 11) is 0. The van der Waals surface area contributed by atoms with Crippen molar-refractivity contribution in [3.63, 3.8) is 0 Å². The van der Waals surface area contributed by atoms with Crippen LogP contribution in [0.2, 0.25) is 0 Å². The van der Waals surface area contributed by atoms with E-state index in [9.17, 15) is 18.7 Å². The van der Waals surface area contributed by atoms with Crippen LogP contribution in [-0.2, 0) is 11.3 Å². The van der Waals surface area contributed by atoms with Crippen LogP contribution in [0.25, 0.3) is 0 Å².